The lowest BCUT2D eigenvalue weighted by molar-refractivity contribution is -0.127. The molecule has 2 unspecified atom stereocenters. The van der Waals surface area contributed by atoms with E-state index in [4.69, 9.17) is 5.73 Å². The second-order valence-electron chi connectivity index (χ2n) is 8.56. The largest absolute Gasteiger partial charge is 0.369 e. The van der Waals surface area contributed by atoms with Crippen LogP contribution in [-0.2, 0) is 4.79 Å². The van der Waals surface area contributed by atoms with Crippen molar-refractivity contribution in [3.8, 4) is 0 Å². The zero-order valence-electron chi connectivity index (χ0n) is 15.4. The summed E-state index contributed by atoms with van der Waals surface area (Å²) in [5, 5.41) is 0. The second kappa shape index (κ2) is 7.42. The topological polar surface area (TPSA) is 46.3 Å². The Morgan fingerprint density at radius 2 is 1.48 bits per heavy atom. The molecule has 1 amide bonds. The zero-order chi connectivity index (χ0) is 17.1. The van der Waals surface area contributed by atoms with Crippen molar-refractivity contribution in [1.29, 1.82) is 0 Å². The Kier molecular flexibility index (Phi) is 7.37. The van der Waals surface area contributed by atoms with Crippen LogP contribution in [0.5, 0.6) is 0 Å². The van der Waals surface area contributed by atoms with E-state index in [0.29, 0.717) is 0 Å². The molecule has 3 nitrogen and oxygen atoms in total. The molecule has 4 heteroatoms. The number of primary amides is 1. The van der Waals surface area contributed by atoms with Crippen molar-refractivity contribution in [1.82, 2.24) is 4.67 Å². The number of nitrogens with zero attached hydrogens (tertiary/aromatic N) is 1. The average molecular weight is 316 g/mol. The van der Waals surface area contributed by atoms with Crippen molar-refractivity contribution in [3.05, 3.63) is 0 Å². The molecular weight excluding hydrogens is 279 g/mol. The maximum Gasteiger partial charge on any atom is 0.221 e. The molecule has 2 N–H and O–H groups in total. The van der Waals surface area contributed by atoms with Crippen LogP contribution in [0.1, 0.15) is 68.2 Å². The van der Waals surface area contributed by atoms with E-state index in [1.807, 2.05) is 13.8 Å². The minimum Gasteiger partial charge on any atom is -0.369 e. The third kappa shape index (κ3) is 6.65. The van der Waals surface area contributed by atoms with Crippen molar-refractivity contribution in [2.75, 3.05) is 13.1 Å². The van der Waals surface area contributed by atoms with Gasteiger partial charge in [0.15, 0.2) is 0 Å². The van der Waals surface area contributed by atoms with Gasteiger partial charge in [0.1, 0.15) is 0 Å². The van der Waals surface area contributed by atoms with Gasteiger partial charge < -0.3 is 5.73 Å². The van der Waals surface area contributed by atoms with E-state index >= 15 is 0 Å². The third-order valence-electron chi connectivity index (χ3n) is 4.24. The average Bonchev–Trinajstić information content (AvgIpc) is 2.25. The molecule has 0 aromatic rings. The Labute approximate surface area is 134 Å². The number of hydrogen-bond acceptors (Lipinski definition) is 2. The van der Waals surface area contributed by atoms with Gasteiger partial charge in [0.25, 0.3) is 0 Å². The number of nitrogens with two attached hydrogens (primary N) is 1. The maximum absolute atomic E-state index is 11.9. The van der Waals surface area contributed by atoms with E-state index < -0.39 is 0 Å². The first-order chi connectivity index (χ1) is 9.35. The molecule has 0 saturated carbocycles. The minimum absolute atomic E-state index is 0.0531. The molecule has 21 heavy (non-hydrogen) atoms. The molecule has 2 atom stereocenters. The minimum atomic E-state index is -0.147. The molecule has 0 bridgehead atoms. The lowest BCUT2D eigenvalue weighted by Gasteiger charge is -2.39. The lowest BCUT2D eigenvalue weighted by atomic mass is 9.65. The number of hydrogen-bond donors (Lipinski definition) is 1. The zero-order valence-corrected chi connectivity index (χ0v) is 16.6. The van der Waals surface area contributed by atoms with Gasteiger partial charge in [0.05, 0.1) is 0 Å². The van der Waals surface area contributed by atoms with Crippen molar-refractivity contribution in [2.24, 2.45) is 27.9 Å². The molecule has 1 heterocycles. The molecule has 1 fully saturated rings. The fraction of sp³-hybridized carbons (Fsp3) is 0.941. The number of rotatable bonds is 1. The summed E-state index contributed by atoms with van der Waals surface area (Å²) >= 11 is 0. The summed E-state index contributed by atoms with van der Waals surface area (Å²) < 4.78 is 2.32. The maximum atomic E-state index is 11.9. The molecule has 1 aliphatic heterocycles. The van der Waals surface area contributed by atoms with Gasteiger partial charge in [-0.1, -0.05) is 64.8 Å². The van der Waals surface area contributed by atoms with Crippen LogP contribution in [-0.4, -0.2) is 23.7 Å². The molecule has 1 aliphatic rings. The number of amides is 1. The quantitative estimate of drug-likeness (QED) is 0.741. The van der Waals surface area contributed by atoms with Gasteiger partial charge in [-0.25, -0.2) is 0 Å². The van der Waals surface area contributed by atoms with Crippen LogP contribution in [0.2, 0.25) is 0 Å². The van der Waals surface area contributed by atoms with Crippen molar-refractivity contribution >= 4 is 15.3 Å². The smallest absolute Gasteiger partial charge is 0.221 e. The first-order valence-corrected chi connectivity index (χ1v) is 8.65. The summed E-state index contributed by atoms with van der Waals surface area (Å²) in [5.74, 6) is -0.204. The highest BCUT2D eigenvalue weighted by atomic mass is 31.0. The summed E-state index contributed by atoms with van der Waals surface area (Å²) in [6.07, 6.45) is 1.87. The van der Waals surface area contributed by atoms with Crippen molar-refractivity contribution in [3.63, 3.8) is 0 Å². The van der Waals surface area contributed by atoms with Crippen LogP contribution in [0.15, 0.2) is 0 Å². The van der Waals surface area contributed by atoms with E-state index in [1.165, 1.54) is 0 Å². The standard InChI is InChI=1S/C15H31N2OP.C2H6/c1-13(2)7-11(12(16)18)15(5,6)8-14(3,4)10-17(19)9-13;1-2/h11H,7-10,19H2,1-6H3,(H2,16,18);1-2H3. The van der Waals surface area contributed by atoms with Crippen molar-refractivity contribution in [2.45, 2.75) is 68.2 Å². The van der Waals surface area contributed by atoms with Gasteiger partial charge in [-0.05, 0) is 29.1 Å². The molecule has 0 spiro atoms. The van der Waals surface area contributed by atoms with Gasteiger partial charge in [-0.15, -0.1) is 0 Å². The molecule has 1 saturated heterocycles. The van der Waals surface area contributed by atoms with Gasteiger partial charge >= 0.3 is 0 Å². The molecule has 0 aromatic heterocycles. The molecule has 0 aliphatic carbocycles. The SMILES string of the molecule is CC.CC1(C)CC(C(N)=O)C(C)(C)CC(C)(C)CN(P)C1. The summed E-state index contributed by atoms with van der Waals surface area (Å²) in [5.41, 5.74) is 5.92. The highest BCUT2D eigenvalue weighted by molar-refractivity contribution is 7.13. The first kappa shape index (κ1) is 20.9. The predicted octanol–water partition coefficient (Wildman–Crippen LogP) is 4.08. The summed E-state index contributed by atoms with van der Waals surface area (Å²) in [6.45, 7) is 19.4. The van der Waals surface area contributed by atoms with Crippen LogP contribution in [0.25, 0.3) is 0 Å². The second-order valence-corrected chi connectivity index (χ2v) is 9.29. The number of carbonyl (C=O) groups is 1. The van der Waals surface area contributed by atoms with Gasteiger partial charge in [-0.3, -0.25) is 9.46 Å². The van der Waals surface area contributed by atoms with E-state index in [2.05, 4.69) is 55.6 Å². The van der Waals surface area contributed by atoms with E-state index in [-0.39, 0.29) is 28.1 Å². The Hall–Kier alpha value is -0.140. The highest BCUT2D eigenvalue weighted by Gasteiger charge is 2.43. The van der Waals surface area contributed by atoms with Crippen LogP contribution in [0.4, 0.5) is 0 Å². The fourth-order valence-corrected chi connectivity index (χ4v) is 4.94. The summed E-state index contributed by atoms with van der Waals surface area (Å²) in [4.78, 5) is 11.9. The van der Waals surface area contributed by atoms with Crippen LogP contribution in [0, 0.1) is 22.2 Å². The predicted molar refractivity (Wildman–Crippen MR) is 95.9 cm³/mol. The first-order valence-electron chi connectivity index (χ1n) is 8.14. The van der Waals surface area contributed by atoms with Crippen LogP contribution in [0.3, 0.4) is 0 Å². The monoisotopic (exact) mass is 316 g/mol. The van der Waals surface area contributed by atoms with E-state index in [9.17, 15) is 4.79 Å². The normalized spacial score (nSPS) is 28.3. The third-order valence-corrected chi connectivity index (χ3v) is 4.61. The van der Waals surface area contributed by atoms with Crippen molar-refractivity contribution < 1.29 is 4.79 Å². The van der Waals surface area contributed by atoms with E-state index in [0.717, 1.165) is 25.9 Å². The van der Waals surface area contributed by atoms with Crippen LogP contribution < -0.4 is 5.73 Å². The van der Waals surface area contributed by atoms with Gasteiger partial charge in [-0.2, -0.15) is 0 Å². The van der Waals surface area contributed by atoms with Gasteiger partial charge in [0, 0.05) is 19.0 Å². The fourth-order valence-electron chi connectivity index (χ4n) is 3.95. The van der Waals surface area contributed by atoms with Crippen LogP contribution >= 0.6 is 9.39 Å². The highest BCUT2D eigenvalue weighted by Crippen LogP contribution is 2.46. The molecular formula is C17H37N2OP. The number of carbonyl (C=O) groups excluding carboxylic acids is 1. The molecule has 0 aromatic carbocycles. The Bertz CT molecular complexity index is 351. The lowest BCUT2D eigenvalue weighted by Crippen LogP contribution is -2.40. The van der Waals surface area contributed by atoms with E-state index in [1.54, 1.807) is 0 Å². The Morgan fingerprint density at radius 1 is 1.05 bits per heavy atom. The summed E-state index contributed by atoms with van der Waals surface area (Å²) in [6, 6.07) is 0. The molecule has 1 rings (SSSR count). The molecule has 0 radical (unpaired) electrons. The molecule has 126 valence electrons. The summed E-state index contributed by atoms with van der Waals surface area (Å²) in [7, 11) is 2.84. The van der Waals surface area contributed by atoms with Gasteiger partial charge in [0.2, 0.25) is 5.91 Å². The Balaban J connectivity index is 0.00000191. The Morgan fingerprint density at radius 3 is 1.90 bits per heavy atom.